The smallest absolute Gasteiger partial charge is 0.405 e. The second kappa shape index (κ2) is 8.23. The van der Waals surface area contributed by atoms with Gasteiger partial charge >= 0.3 is 7.75 Å². The van der Waals surface area contributed by atoms with Crippen LogP contribution in [0.2, 0.25) is 0 Å². The van der Waals surface area contributed by atoms with Crippen molar-refractivity contribution in [3.8, 4) is 5.88 Å². The van der Waals surface area contributed by atoms with E-state index in [4.69, 9.17) is 24.3 Å². The number of nitrogens with two attached hydrogens (primary N) is 1. The molecule has 2 aliphatic heterocycles. The van der Waals surface area contributed by atoms with Crippen LogP contribution >= 0.6 is 7.75 Å². The number of imidazole rings is 1. The van der Waals surface area contributed by atoms with Gasteiger partial charge in [0.25, 0.3) is 0 Å². The highest BCUT2D eigenvalue weighted by Crippen LogP contribution is 2.56. The molecule has 1 unspecified atom stereocenters. The predicted molar refractivity (Wildman–Crippen MR) is 109 cm³/mol. The molecule has 0 aliphatic carbocycles. The predicted octanol–water partition coefficient (Wildman–Crippen LogP) is 2.30. The third kappa shape index (κ3) is 3.71. The van der Waals surface area contributed by atoms with Crippen LogP contribution in [-0.4, -0.2) is 57.0 Å². The Balaban J connectivity index is 1.76. The van der Waals surface area contributed by atoms with Crippen LogP contribution in [0, 0.1) is 0 Å². The monoisotopic (exact) mass is 453 g/mol. The van der Waals surface area contributed by atoms with Crippen molar-refractivity contribution in [1.29, 1.82) is 0 Å². The average molecular weight is 453 g/mol. The topological polar surface area (TPSA) is 184 Å². The van der Waals surface area contributed by atoms with Gasteiger partial charge in [0.05, 0.1) is 19.5 Å². The molecule has 5 atom stereocenters. The first-order valence-corrected chi connectivity index (χ1v) is 11.4. The Kier molecular flexibility index (Phi) is 5.77. The Morgan fingerprint density at radius 3 is 3.03 bits per heavy atom. The van der Waals surface area contributed by atoms with Gasteiger partial charge in [-0.3, -0.25) is 13.6 Å². The zero-order chi connectivity index (χ0) is 22.2. The molecule has 3 N–H and O–H groups in total. The molecule has 0 spiro atoms. The van der Waals surface area contributed by atoms with E-state index in [1.54, 1.807) is 11.5 Å². The van der Waals surface area contributed by atoms with Gasteiger partial charge in [-0.2, -0.15) is 9.97 Å². The van der Waals surface area contributed by atoms with Crippen molar-refractivity contribution in [2.75, 3.05) is 25.5 Å². The lowest BCUT2D eigenvalue weighted by Gasteiger charge is -2.36. The van der Waals surface area contributed by atoms with Gasteiger partial charge in [-0.15, -0.1) is 0 Å². The lowest BCUT2D eigenvalue weighted by molar-refractivity contribution is -0.0585. The molecule has 14 nitrogen and oxygen atoms in total. The maximum absolute atomic E-state index is 13.0. The second-order valence-electron chi connectivity index (χ2n) is 7.31. The van der Waals surface area contributed by atoms with Gasteiger partial charge in [0.1, 0.15) is 17.7 Å². The number of anilines is 1. The minimum atomic E-state index is -3.58. The Morgan fingerprint density at radius 1 is 1.52 bits per heavy atom. The van der Waals surface area contributed by atoms with Crippen LogP contribution in [-0.2, 0) is 18.3 Å². The summed E-state index contributed by atoms with van der Waals surface area (Å²) in [5.74, 6) is 0.226. The number of nitrogens with one attached hydrogen (secondary N) is 1. The van der Waals surface area contributed by atoms with Crippen LogP contribution in [0.4, 0.5) is 5.95 Å². The standard InChI is InChI=1S/C16H24N9O5P/c1-4-6-20-31(26)28-7-9-11(30-31)16(3,23-24-18)14(29-9)25-8-19-10-12(25)21-15(17)22-13(10)27-5-2/h8-9,11,14H,4-7H2,1-3H3,(H,20,26)(H2,17,21,22)/t9-,11-,14-,16-,31?/m1/s1. The minimum Gasteiger partial charge on any atom is -0.476 e. The highest BCUT2D eigenvalue weighted by Gasteiger charge is 2.60. The number of rotatable bonds is 7. The van der Waals surface area contributed by atoms with E-state index in [0.717, 1.165) is 6.42 Å². The Labute approximate surface area is 177 Å². The molecular formula is C16H24N9O5P. The van der Waals surface area contributed by atoms with Crippen LogP contribution < -0.4 is 15.6 Å². The van der Waals surface area contributed by atoms with Crippen molar-refractivity contribution in [2.24, 2.45) is 5.11 Å². The molecule has 2 saturated heterocycles. The van der Waals surface area contributed by atoms with Gasteiger partial charge in [0.2, 0.25) is 11.8 Å². The van der Waals surface area contributed by atoms with E-state index in [2.05, 4.69) is 30.1 Å². The molecule has 0 aromatic carbocycles. The van der Waals surface area contributed by atoms with Gasteiger partial charge in [0.15, 0.2) is 17.4 Å². The van der Waals surface area contributed by atoms with Crippen molar-refractivity contribution in [1.82, 2.24) is 24.6 Å². The number of hydrogen-bond donors (Lipinski definition) is 2. The molecule has 2 aromatic heterocycles. The van der Waals surface area contributed by atoms with Crippen molar-refractivity contribution in [3.05, 3.63) is 16.8 Å². The fraction of sp³-hybridized carbons (Fsp3) is 0.688. The Bertz CT molecular complexity index is 1070. The van der Waals surface area contributed by atoms with Crippen LogP contribution in [0.15, 0.2) is 11.4 Å². The van der Waals surface area contributed by atoms with Crippen molar-refractivity contribution < 1.29 is 23.1 Å². The molecule has 2 fully saturated rings. The zero-order valence-electron chi connectivity index (χ0n) is 17.3. The summed E-state index contributed by atoms with van der Waals surface area (Å²) < 4.78 is 37.5. The molecule has 0 amide bonds. The van der Waals surface area contributed by atoms with Gasteiger partial charge < -0.3 is 15.2 Å². The second-order valence-corrected chi connectivity index (χ2v) is 9.09. The molecular weight excluding hydrogens is 429 g/mol. The molecule has 4 rings (SSSR count). The van der Waals surface area contributed by atoms with Crippen LogP contribution in [0.3, 0.4) is 0 Å². The number of fused-ring (bicyclic) bond motifs is 2. The maximum atomic E-state index is 13.0. The number of hydrogen-bond acceptors (Lipinski definition) is 10. The molecule has 0 bridgehead atoms. The van der Waals surface area contributed by atoms with Gasteiger partial charge in [0, 0.05) is 11.5 Å². The molecule has 168 valence electrons. The first-order chi connectivity index (χ1) is 14.8. The minimum absolute atomic E-state index is 0.000351. The molecule has 2 aromatic rings. The van der Waals surface area contributed by atoms with E-state index in [-0.39, 0.29) is 18.4 Å². The van der Waals surface area contributed by atoms with Crippen molar-refractivity contribution in [2.45, 2.75) is 51.2 Å². The molecule has 15 heteroatoms. The third-order valence-corrected chi connectivity index (χ3v) is 6.74. The summed E-state index contributed by atoms with van der Waals surface area (Å²) in [7, 11) is -3.58. The number of aromatic nitrogens is 4. The fourth-order valence-corrected chi connectivity index (χ4v) is 5.46. The van der Waals surface area contributed by atoms with Gasteiger partial charge in [-0.1, -0.05) is 12.0 Å². The largest absolute Gasteiger partial charge is 0.476 e. The Morgan fingerprint density at radius 2 is 2.32 bits per heavy atom. The highest BCUT2D eigenvalue weighted by molar-refractivity contribution is 7.51. The fourth-order valence-electron chi connectivity index (χ4n) is 3.74. The number of ether oxygens (including phenoxy) is 2. The number of nitrogens with zero attached hydrogens (tertiary/aromatic N) is 7. The third-order valence-electron chi connectivity index (χ3n) is 5.13. The van der Waals surface area contributed by atoms with E-state index in [9.17, 15) is 10.1 Å². The van der Waals surface area contributed by atoms with E-state index in [0.29, 0.717) is 24.3 Å². The molecule has 4 heterocycles. The van der Waals surface area contributed by atoms with Gasteiger partial charge in [-0.05, 0) is 25.8 Å². The Hall–Kier alpha value is -2.47. The van der Waals surface area contributed by atoms with Crippen molar-refractivity contribution in [3.63, 3.8) is 0 Å². The van der Waals surface area contributed by atoms with E-state index >= 15 is 0 Å². The SMILES string of the molecule is CCCNP1(=O)OC[C@H]2O[C@@H](n3cnc4c(OCC)nc(N)nc43)[C@](C)(N=[N+]=[N-])[C@@H]2O1. The summed E-state index contributed by atoms with van der Waals surface area (Å²) in [6, 6.07) is 0. The summed E-state index contributed by atoms with van der Waals surface area (Å²) in [6.45, 7) is 6.21. The van der Waals surface area contributed by atoms with Crippen LogP contribution in [0.5, 0.6) is 5.88 Å². The summed E-state index contributed by atoms with van der Waals surface area (Å²) in [5, 5.41) is 6.78. The van der Waals surface area contributed by atoms with E-state index in [1.165, 1.54) is 6.33 Å². The lowest BCUT2D eigenvalue weighted by Crippen LogP contribution is -2.47. The van der Waals surface area contributed by atoms with Gasteiger partial charge in [-0.25, -0.2) is 14.6 Å². The molecule has 31 heavy (non-hydrogen) atoms. The van der Waals surface area contributed by atoms with E-state index < -0.39 is 31.7 Å². The first-order valence-electron chi connectivity index (χ1n) is 9.88. The first kappa shape index (κ1) is 21.8. The molecule has 0 saturated carbocycles. The van der Waals surface area contributed by atoms with Crippen LogP contribution in [0.25, 0.3) is 21.6 Å². The van der Waals surface area contributed by atoms with Crippen LogP contribution in [0.1, 0.15) is 33.4 Å². The average Bonchev–Trinajstić information content (AvgIpc) is 3.26. The number of nitrogen functional groups attached to an aromatic ring is 1. The lowest BCUT2D eigenvalue weighted by atomic mass is 9.93. The molecule has 0 radical (unpaired) electrons. The number of azide groups is 1. The quantitative estimate of drug-likeness (QED) is 0.273. The van der Waals surface area contributed by atoms with E-state index in [1.807, 2.05) is 13.8 Å². The summed E-state index contributed by atoms with van der Waals surface area (Å²) >= 11 is 0. The maximum Gasteiger partial charge on any atom is 0.405 e. The zero-order valence-corrected chi connectivity index (χ0v) is 18.2. The van der Waals surface area contributed by atoms with Crippen molar-refractivity contribution >= 4 is 24.9 Å². The summed E-state index contributed by atoms with van der Waals surface area (Å²) in [4.78, 5) is 15.7. The normalized spacial score (nSPS) is 32.5. The highest BCUT2D eigenvalue weighted by atomic mass is 31.2. The summed E-state index contributed by atoms with van der Waals surface area (Å²) in [5.41, 5.74) is 14.6. The molecule has 2 aliphatic rings. The summed E-state index contributed by atoms with van der Waals surface area (Å²) in [6.07, 6.45) is -0.130.